The zero-order chi connectivity index (χ0) is 9.35. The van der Waals surface area contributed by atoms with Gasteiger partial charge in [0.05, 0.1) is 6.10 Å². The SMILES string of the molecule is O=C(O)C1(C(=O)O)NCCC1O. The van der Waals surface area contributed by atoms with E-state index in [2.05, 4.69) is 5.32 Å². The molecule has 1 heterocycles. The molecule has 0 bridgehead atoms. The van der Waals surface area contributed by atoms with Crippen molar-refractivity contribution in [1.82, 2.24) is 5.32 Å². The molecule has 1 saturated heterocycles. The second kappa shape index (κ2) is 2.72. The zero-order valence-corrected chi connectivity index (χ0v) is 6.15. The van der Waals surface area contributed by atoms with Crippen molar-refractivity contribution >= 4 is 11.9 Å². The molecule has 0 amide bonds. The van der Waals surface area contributed by atoms with Gasteiger partial charge in [0.1, 0.15) is 0 Å². The van der Waals surface area contributed by atoms with E-state index in [9.17, 15) is 9.59 Å². The molecule has 6 nitrogen and oxygen atoms in total. The summed E-state index contributed by atoms with van der Waals surface area (Å²) in [7, 11) is 0. The summed E-state index contributed by atoms with van der Waals surface area (Å²) in [5, 5.41) is 28.6. The van der Waals surface area contributed by atoms with Crippen molar-refractivity contribution in [3.8, 4) is 0 Å². The molecule has 0 spiro atoms. The number of hydrogen-bond acceptors (Lipinski definition) is 4. The summed E-state index contributed by atoms with van der Waals surface area (Å²) in [4.78, 5) is 21.1. The van der Waals surface area contributed by atoms with Crippen molar-refractivity contribution in [2.45, 2.75) is 18.1 Å². The molecule has 4 N–H and O–H groups in total. The Morgan fingerprint density at radius 2 is 1.83 bits per heavy atom. The van der Waals surface area contributed by atoms with E-state index in [-0.39, 0.29) is 13.0 Å². The standard InChI is InChI=1S/C6H9NO5/c8-3-1-2-7-6(3,4(9)10)5(11)12/h3,7-8H,1-2H2,(H,9,10)(H,11,12). The van der Waals surface area contributed by atoms with E-state index in [0.717, 1.165) is 0 Å². The number of rotatable bonds is 2. The van der Waals surface area contributed by atoms with Crippen LogP contribution in [0.15, 0.2) is 0 Å². The third kappa shape index (κ3) is 0.961. The molecule has 0 aromatic rings. The average Bonchev–Trinajstić information content (AvgIpc) is 2.31. The maximum absolute atomic E-state index is 10.6. The Morgan fingerprint density at radius 1 is 1.33 bits per heavy atom. The minimum Gasteiger partial charge on any atom is -0.479 e. The lowest BCUT2D eigenvalue weighted by molar-refractivity contribution is -0.163. The molecule has 0 aromatic heterocycles. The highest BCUT2D eigenvalue weighted by atomic mass is 16.4. The van der Waals surface area contributed by atoms with Gasteiger partial charge in [-0.25, -0.2) is 9.59 Å². The first kappa shape index (κ1) is 8.95. The lowest BCUT2D eigenvalue weighted by Crippen LogP contribution is -2.60. The lowest BCUT2D eigenvalue weighted by atomic mass is 9.95. The van der Waals surface area contributed by atoms with Crippen LogP contribution >= 0.6 is 0 Å². The third-order valence-electron chi connectivity index (χ3n) is 2.00. The monoisotopic (exact) mass is 175 g/mol. The fourth-order valence-electron chi connectivity index (χ4n) is 1.27. The van der Waals surface area contributed by atoms with Gasteiger partial charge in [0.2, 0.25) is 5.54 Å². The predicted molar refractivity (Wildman–Crippen MR) is 36.6 cm³/mol. The third-order valence-corrected chi connectivity index (χ3v) is 2.00. The van der Waals surface area contributed by atoms with E-state index in [1.54, 1.807) is 0 Å². The number of hydrogen-bond donors (Lipinski definition) is 4. The van der Waals surface area contributed by atoms with Gasteiger partial charge in [-0.05, 0) is 13.0 Å². The van der Waals surface area contributed by atoms with Crippen molar-refractivity contribution in [3.05, 3.63) is 0 Å². The number of carbonyl (C=O) groups is 2. The number of nitrogens with one attached hydrogen (secondary N) is 1. The van der Waals surface area contributed by atoms with Gasteiger partial charge in [-0.2, -0.15) is 0 Å². The topological polar surface area (TPSA) is 107 Å². The minimum absolute atomic E-state index is 0.137. The number of carboxylic acids is 2. The van der Waals surface area contributed by atoms with E-state index < -0.39 is 23.6 Å². The fourth-order valence-corrected chi connectivity index (χ4v) is 1.27. The number of aliphatic hydroxyl groups excluding tert-OH is 1. The highest BCUT2D eigenvalue weighted by molar-refractivity contribution is 6.04. The maximum atomic E-state index is 10.6. The molecule has 68 valence electrons. The predicted octanol–water partition coefficient (Wildman–Crippen LogP) is -1.75. The highest BCUT2D eigenvalue weighted by Gasteiger charge is 2.55. The second-order valence-corrected chi connectivity index (χ2v) is 2.65. The van der Waals surface area contributed by atoms with Gasteiger partial charge >= 0.3 is 11.9 Å². The number of aliphatic hydroxyl groups is 1. The largest absolute Gasteiger partial charge is 0.479 e. The van der Waals surface area contributed by atoms with Gasteiger partial charge in [-0.1, -0.05) is 0 Å². The van der Waals surface area contributed by atoms with E-state index in [1.165, 1.54) is 0 Å². The first-order chi connectivity index (χ1) is 5.51. The van der Waals surface area contributed by atoms with Gasteiger partial charge < -0.3 is 15.3 Å². The molecule has 1 rings (SSSR count). The van der Waals surface area contributed by atoms with Gasteiger partial charge in [0, 0.05) is 0 Å². The molecule has 0 saturated carbocycles. The molecule has 1 fully saturated rings. The van der Waals surface area contributed by atoms with Gasteiger partial charge in [-0.3, -0.25) is 5.32 Å². The summed E-state index contributed by atoms with van der Waals surface area (Å²) >= 11 is 0. The molecule has 12 heavy (non-hydrogen) atoms. The molecule has 0 aromatic carbocycles. The Morgan fingerprint density at radius 3 is 2.00 bits per heavy atom. The van der Waals surface area contributed by atoms with Crippen LogP contribution in [-0.4, -0.2) is 45.4 Å². The molecule has 1 atom stereocenters. The first-order valence-corrected chi connectivity index (χ1v) is 3.41. The van der Waals surface area contributed by atoms with Crippen LogP contribution in [0.3, 0.4) is 0 Å². The van der Waals surface area contributed by atoms with E-state index in [0.29, 0.717) is 0 Å². The minimum atomic E-state index is -2.21. The van der Waals surface area contributed by atoms with Gasteiger partial charge in [0.25, 0.3) is 0 Å². The Balaban J connectivity index is 3.01. The van der Waals surface area contributed by atoms with Crippen LogP contribution in [0.5, 0.6) is 0 Å². The summed E-state index contributed by atoms with van der Waals surface area (Å²) < 4.78 is 0. The fraction of sp³-hybridized carbons (Fsp3) is 0.667. The van der Waals surface area contributed by atoms with Gasteiger partial charge in [0.15, 0.2) is 0 Å². The summed E-state index contributed by atoms with van der Waals surface area (Å²) in [5.74, 6) is -3.11. The van der Waals surface area contributed by atoms with Crippen molar-refractivity contribution in [1.29, 1.82) is 0 Å². The van der Waals surface area contributed by atoms with Crippen LogP contribution in [0.25, 0.3) is 0 Å². The Hall–Kier alpha value is -1.14. The molecule has 1 unspecified atom stereocenters. The molecule has 1 aliphatic rings. The Labute approximate surface area is 67.8 Å². The van der Waals surface area contributed by atoms with Crippen molar-refractivity contribution in [2.75, 3.05) is 6.54 Å². The quantitative estimate of drug-likeness (QED) is 0.371. The Bertz CT molecular complexity index is 212. The molecule has 0 radical (unpaired) electrons. The van der Waals surface area contributed by atoms with Gasteiger partial charge in [-0.15, -0.1) is 0 Å². The average molecular weight is 175 g/mol. The second-order valence-electron chi connectivity index (χ2n) is 2.65. The lowest BCUT2D eigenvalue weighted by Gasteiger charge is -2.22. The maximum Gasteiger partial charge on any atom is 0.338 e. The van der Waals surface area contributed by atoms with Crippen LogP contribution in [0, 0.1) is 0 Å². The van der Waals surface area contributed by atoms with Crippen LogP contribution < -0.4 is 5.32 Å². The van der Waals surface area contributed by atoms with Crippen molar-refractivity contribution in [3.63, 3.8) is 0 Å². The van der Waals surface area contributed by atoms with Crippen LogP contribution in [-0.2, 0) is 9.59 Å². The molecule has 1 aliphatic heterocycles. The van der Waals surface area contributed by atoms with Crippen LogP contribution in [0.2, 0.25) is 0 Å². The van der Waals surface area contributed by atoms with E-state index >= 15 is 0 Å². The smallest absolute Gasteiger partial charge is 0.338 e. The molecule has 0 aliphatic carbocycles. The molecular weight excluding hydrogens is 166 g/mol. The number of aliphatic carboxylic acids is 2. The normalized spacial score (nSPS) is 26.9. The van der Waals surface area contributed by atoms with Crippen LogP contribution in [0.1, 0.15) is 6.42 Å². The van der Waals surface area contributed by atoms with Crippen molar-refractivity contribution in [2.24, 2.45) is 0 Å². The zero-order valence-electron chi connectivity index (χ0n) is 6.15. The highest BCUT2D eigenvalue weighted by Crippen LogP contribution is 2.20. The summed E-state index contributed by atoms with van der Waals surface area (Å²) in [6.07, 6.45) is -1.23. The summed E-state index contributed by atoms with van der Waals surface area (Å²) in [5.41, 5.74) is -2.21. The summed E-state index contributed by atoms with van der Waals surface area (Å²) in [6, 6.07) is 0. The van der Waals surface area contributed by atoms with Crippen molar-refractivity contribution < 1.29 is 24.9 Å². The summed E-state index contributed by atoms with van der Waals surface area (Å²) in [6.45, 7) is 0.194. The van der Waals surface area contributed by atoms with E-state index in [4.69, 9.17) is 15.3 Å². The molecule has 6 heteroatoms. The van der Waals surface area contributed by atoms with Crippen LogP contribution in [0.4, 0.5) is 0 Å². The first-order valence-electron chi connectivity index (χ1n) is 3.41. The Kier molecular flexibility index (Phi) is 2.03. The van der Waals surface area contributed by atoms with E-state index in [1.807, 2.05) is 0 Å². The molecular formula is C6H9NO5. The number of carboxylic acid groups (broad SMARTS) is 2.